The van der Waals surface area contributed by atoms with Gasteiger partial charge in [0, 0.05) is 13.0 Å². The zero-order valence-corrected chi connectivity index (χ0v) is 10.6. The second-order valence-corrected chi connectivity index (χ2v) is 4.79. The van der Waals surface area contributed by atoms with Crippen LogP contribution in [0.3, 0.4) is 0 Å². The Balaban J connectivity index is 1.82. The number of carbonyl (C=O) groups excluding carboxylic acids is 1. The first-order valence-corrected chi connectivity index (χ1v) is 6.63. The molecule has 98 valence electrons. The minimum absolute atomic E-state index is 0.000697. The maximum atomic E-state index is 12.7. The van der Waals surface area contributed by atoms with E-state index in [0.29, 0.717) is 12.1 Å². The summed E-state index contributed by atoms with van der Waals surface area (Å²) < 4.78 is 12.7. The van der Waals surface area contributed by atoms with Crippen LogP contribution in [0.15, 0.2) is 18.3 Å². The fourth-order valence-corrected chi connectivity index (χ4v) is 2.29. The number of aromatic nitrogens is 1. The Bertz CT molecular complexity index is 383. The Labute approximate surface area is 107 Å². The van der Waals surface area contributed by atoms with Crippen LogP contribution in [0.1, 0.15) is 42.6 Å². The number of ketones is 1. The van der Waals surface area contributed by atoms with Crippen LogP contribution in [0.4, 0.5) is 4.39 Å². The molecular formula is C14H19FN2O. The second kappa shape index (κ2) is 6.59. The summed E-state index contributed by atoms with van der Waals surface area (Å²) in [7, 11) is 0. The fraction of sp³-hybridized carbons (Fsp3) is 0.571. The van der Waals surface area contributed by atoms with Crippen molar-refractivity contribution in [1.29, 1.82) is 0 Å². The van der Waals surface area contributed by atoms with Gasteiger partial charge >= 0.3 is 0 Å². The Kier molecular flexibility index (Phi) is 4.81. The Hall–Kier alpha value is -1.29. The minimum Gasteiger partial charge on any atom is -0.303 e. The van der Waals surface area contributed by atoms with Gasteiger partial charge in [-0.3, -0.25) is 9.78 Å². The Morgan fingerprint density at radius 2 is 1.94 bits per heavy atom. The molecule has 1 fully saturated rings. The number of rotatable bonds is 4. The van der Waals surface area contributed by atoms with Crippen LogP contribution >= 0.6 is 0 Å². The third-order valence-corrected chi connectivity index (χ3v) is 3.37. The fourth-order valence-electron chi connectivity index (χ4n) is 2.29. The van der Waals surface area contributed by atoms with Crippen LogP contribution in [0.5, 0.6) is 0 Å². The molecule has 2 rings (SSSR count). The summed E-state index contributed by atoms with van der Waals surface area (Å²) in [4.78, 5) is 18.0. The number of halogens is 1. The Morgan fingerprint density at radius 3 is 2.56 bits per heavy atom. The van der Waals surface area contributed by atoms with E-state index in [1.165, 1.54) is 37.8 Å². The summed E-state index contributed by atoms with van der Waals surface area (Å²) in [5.74, 6) is -0.404. The molecule has 0 radical (unpaired) electrons. The highest BCUT2D eigenvalue weighted by Gasteiger charge is 2.12. The van der Waals surface area contributed by atoms with Crippen LogP contribution in [0.2, 0.25) is 0 Å². The van der Waals surface area contributed by atoms with Crippen molar-refractivity contribution in [3.63, 3.8) is 0 Å². The number of carbonyl (C=O) groups is 1. The van der Waals surface area contributed by atoms with Crippen molar-refractivity contribution in [2.45, 2.75) is 32.1 Å². The number of nitrogens with zero attached hydrogens (tertiary/aromatic N) is 2. The van der Waals surface area contributed by atoms with Gasteiger partial charge < -0.3 is 4.90 Å². The van der Waals surface area contributed by atoms with Gasteiger partial charge in [0.1, 0.15) is 11.5 Å². The molecule has 0 N–H and O–H groups in total. The second-order valence-electron chi connectivity index (χ2n) is 4.79. The molecule has 1 aromatic rings. The number of hydrogen-bond donors (Lipinski definition) is 0. The van der Waals surface area contributed by atoms with Gasteiger partial charge in [0.05, 0.1) is 6.20 Å². The van der Waals surface area contributed by atoms with Gasteiger partial charge in [0.15, 0.2) is 5.78 Å². The van der Waals surface area contributed by atoms with Crippen molar-refractivity contribution >= 4 is 5.78 Å². The topological polar surface area (TPSA) is 33.2 Å². The summed E-state index contributed by atoms with van der Waals surface area (Å²) in [5, 5.41) is 0. The highest BCUT2D eigenvalue weighted by molar-refractivity contribution is 5.94. The summed E-state index contributed by atoms with van der Waals surface area (Å²) in [6.45, 7) is 2.96. The van der Waals surface area contributed by atoms with Crippen LogP contribution in [-0.4, -0.2) is 35.3 Å². The number of Topliss-reactive ketones (excluding diaryl/α,β-unsaturated/α-hetero) is 1. The van der Waals surface area contributed by atoms with Gasteiger partial charge in [-0.15, -0.1) is 0 Å². The lowest BCUT2D eigenvalue weighted by atomic mass is 10.2. The van der Waals surface area contributed by atoms with E-state index < -0.39 is 5.82 Å². The van der Waals surface area contributed by atoms with Gasteiger partial charge in [-0.1, -0.05) is 12.8 Å². The third kappa shape index (κ3) is 3.88. The molecule has 0 aliphatic carbocycles. The molecule has 1 saturated heterocycles. The quantitative estimate of drug-likeness (QED) is 0.770. The molecule has 18 heavy (non-hydrogen) atoms. The van der Waals surface area contributed by atoms with E-state index in [4.69, 9.17) is 0 Å². The standard InChI is InChI=1S/C14H19FN2O/c15-12-5-6-13(16-11-12)14(18)7-10-17-8-3-1-2-4-9-17/h5-6,11H,1-4,7-10H2. The van der Waals surface area contributed by atoms with Crippen LogP contribution in [0.25, 0.3) is 0 Å². The molecule has 0 spiro atoms. The predicted molar refractivity (Wildman–Crippen MR) is 68.1 cm³/mol. The molecule has 0 aromatic carbocycles. The maximum Gasteiger partial charge on any atom is 0.182 e. The molecule has 1 aliphatic heterocycles. The van der Waals surface area contributed by atoms with Crippen molar-refractivity contribution in [2.24, 2.45) is 0 Å². The molecule has 4 heteroatoms. The van der Waals surface area contributed by atoms with Gasteiger partial charge in [0.2, 0.25) is 0 Å². The van der Waals surface area contributed by atoms with Crippen molar-refractivity contribution in [3.8, 4) is 0 Å². The zero-order chi connectivity index (χ0) is 12.8. The molecule has 0 bridgehead atoms. The average Bonchev–Trinajstić information content (AvgIpc) is 2.65. The number of hydrogen-bond acceptors (Lipinski definition) is 3. The van der Waals surface area contributed by atoms with E-state index in [1.54, 1.807) is 0 Å². The van der Waals surface area contributed by atoms with E-state index in [9.17, 15) is 9.18 Å². The van der Waals surface area contributed by atoms with E-state index in [2.05, 4.69) is 9.88 Å². The molecule has 1 aliphatic rings. The number of likely N-dealkylation sites (tertiary alicyclic amines) is 1. The normalized spacial score (nSPS) is 17.4. The monoisotopic (exact) mass is 250 g/mol. The molecule has 0 amide bonds. The summed E-state index contributed by atoms with van der Waals surface area (Å²) in [6, 6.07) is 2.74. The van der Waals surface area contributed by atoms with E-state index in [1.807, 2.05) is 0 Å². The highest BCUT2D eigenvalue weighted by Crippen LogP contribution is 2.10. The lowest BCUT2D eigenvalue weighted by molar-refractivity contribution is 0.0960. The van der Waals surface area contributed by atoms with Crippen LogP contribution in [-0.2, 0) is 0 Å². The first kappa shape index (κ1) is 13.1. The molecule has 2 heterocycles. The summed E-state index contributed by atoms with van der Waals surface area (Å²) >= 11 is 0. The maximum absolute atomic E-state index is 12.7. The van der Waals surface area contributed by atoms with Crippen molar-refractivity contribution in [3.05, 3.63) is 29.8 Å². The van der Waals surface area contributed by atoms with E-state index >= 15 is 0 Å². The summed E-state index contributed by atoms with van der Waals surface area (Å²) in [5.41, 5.74) is 0.367. The van der Waals surface area contributed by atoms with E-state index in [-0.39, 0.29) is 5.78 Å². The highest BCUT2D eigenvalue weighted by atomic mass is 19.1. The lowest BCUT2D eigenvalue weighted by Crippen LogP contribution is -2.27. The van der Waals surface area contributed by atoms with Gasteiger partial charge in [-0.05, 0) is 38.1 Å². The predicted octanol–water partition coefficient (Wildman–Crippen LogP) is 2.67. The SMILES string of the molecule is O=C(CCN1CCCCCC1)c1ccc(F)cn1. The molecule has 0 saturated carbocycles. The van der Waals surface area contributed by atoms with Crippen molar-refractivity contribution < 1.29 is 9.18 Å². The average molecular weight is 250 g/mol. The molecule has 1 aromatic heterocycles. The van der Waals surface area contributed by atoms with Crippen molar-refractivity contribution in [1.82, 2.24) is 9.88 Å². The van der Waals surface area contributed by atoms with Crippen LogP contribution in [0, 0.1) is 5.82 Å². The first-order chi connectivity index (χ1) is 8.75. The van der Waals surface area contributed by atoms with Crippen molar-refractivity contribution in [2.75, 3.05) is 19.6 Å². The molecule has 0 atom stereocenters. The smallest absolute Gasteiger partial charge is 0.182 e. The van der Waals surface area contributed by atoms with Gasteiger partial charge in [0.25, 0.3) is 0 Å². The molecule has 3 nitrogen and oxygen atoms in total. The first-order valence-electron chi connectivity index (χ1n) is 6.63. The van der Waals surface area contributed by atoms with Crippen LogP contribution < -0.4 is 0 Å². The zero-order valence-electron chi connectivity index (χ0n) is 10.6. The minimum atomic E-state index is -0.404. The largest absolute Gasteiger partial charge is 0.303 e. The van der Waals surface area contributed by atoms with Gasteiger partial charge in [-0.25, -0.2) is 4.39 Å². The Morgan fingerprint density at radius 1 is 1.22 bits per heavy atom. The lowest BCUT2D eigenvalue weighted by Gasteiger charge is -2.18. The molecule has 0 unspecified atom stereocenters. The third-order valence-electron chi connectivity index (χ3n) is 3.37. The van der Waals surface area contributed by atoms with E-state index in [0.717, 1.165) is 25.8 Å². The summed E-state index contributed by atoms with van der Waals surface area (Å²) in [6.07, 6.45) is 6.61. The molecular weight excluding hydrogens is 231 g/mol. The van der Waals surface area contributed by atoms with Gasteiger partial charge in [-0.2, -0.15) is 0 Å². The number of pyridine rings is 1.